The zero-order chi connectivity index (χ0) is 14.5. The number of Topliss-reactive ketones (excluding diaryl/α,β-unsaturated/α-hetero) is 1. The molecule has 1 aromatic rings. The largest absolute Gasteiger partial charge is 0.383 e. The standard InChI is InChI=1S/C13H19NO4S/c1-4-14(9-10-18-3)19(16,17)13-7-5-12(6-8-13)11(2)15/h5-8H,4,9-10H2,1-3H3. The molecule has 0 aliphatic heterocycles. The van der Waals surface area contributed by atoms with Crippen molar-refractivity contribution in [2.24, 2.45) is 0 Å². The minimum Gasteiger partial charge on any atom is -0.383 e. The van der Waals surface area contributed by atoms with Crippen LogP contribution in [-0.4, -0.2) is 45.3 Å². The second-order valence-corrected chi connectivity index (χ2v) is 6.01. The maximum Gasteiger partial charge on any atom is 0.243 e. The van der Waals surface area contributed by atoms with Crippen molar-refractivity contribution in [3.05, 3.63) is 29.8 Å². The molecule has 0 spiro atoms. The van der Waals surface area contributed by atoms with Crippen molar-refractivity contribution < 1.29 is 17.9 Å². The fraction of sp³-hybridized carbons (Fsp3) is 0.462. The first-order valence-electron chi connectivity index (χ1n) is 6.03. The van der Waals surface area contributed by atoms with Crippen molar-refractivity contribution in [2.45, 2.75) is 18.7 Å². The molecular weight excluding hydrogens is 266 g/mol. The monoisotopic (exact) mass is 285 g/mol. The maximum absolute atomic E-state index is 12.3. The summed E-state index contributed by atoms with van der Waals surface area (Å²) in [7, 11) is -1.99. The predicted molar refractivity (Wildman–Crippen MR) is 72.8 cm³/mol. The summed E-state index contributed by atoms with van der Waals surface area (Å²) in [6.45, 7) is 4.25. The molecule has 0 unspecified atom stereocenters. The van der Waals surface area contributed by atoms with Crippen molar-refractivity contribution in [3.8, 4) is 0 Å². The van der Waals surface area contributed by atoms with Gasteiger partial charge in [-0.1, -0.05) is 19.1 Å². The fourth-order valence-electron chi connectivity index (χ4n) is 1.65. The summed E-state index contributed by atoms with van der Waals surface area (Å²) in [5, 5.41) is 0. The van der Waals surface area contributed by atoms with Gasteiger partial charge in [-0.15, -0.1) is 0 Å². The molecule has 0 saturated heterocycles. The second kappa shape index (κ2) is 6.79. The number of likely N-dealkylation sites (N-methyl/N-ethyl adjacent to an activating group) is 1. The van der Waals surface area contributed by atoms with Crippen LogP contribution in [0.15, 0.2) is 29.2 Å². The molecule has 106 valence electrons. The number of nitrogens with zero attached hydrogens (tertiary/aromatic N) is 1. The summed E-state index contributed by atoms with van der Waals surface area (Å²) < 4.78 is 30.9. The van der Waals surface area contributed by atoms with E-state index >= 15 is 0 Å². The predicted octanol–water partition coefficient (Wildman–Crippen LogP) is 1.55. The topological polar surface area (TPSA) is 63.7 Å². The molecule has 0 aromatic heterocycles. The van der Waals surface area contributed by atoms with E-state index in [9.17, 15) is 13.2 Å². The van der Waals surface area contributed by atoms with Crippen LogP contribution in [0.4, 0.5) is 0 Å². The normalized spacial score (nSPS) is 11.8. The van der Waals surface area contributed by atoms with Gasteiger partial charge in [0.25, 0.3) is 0 Å². The molecule has 0 amide bonds. The lowest BCUT2D eigenvalue weighted by Gasteiger charge is -2.20. The van der Waals surface area contributed by atoms with Crippen LogP contribution in [0.25, 0.3) is 0 Å². The van der Waals surface area contributed by atoms with Crippen molar-refractivity contribution in [3.63, 3.8) is 0 Å². The Kier molecular flexibility index (Phi) is 5.65. The first-order chi connectivity index (χ1) is 8.93. The smallest absolute Gasteiger partial charge is 0.243 e. The number of hydrogen-bond donors (Lipinski definition) is 0. The average molecular weight is 285 g/mol. The number of carbonyl (C=O) groups is 1. The Morgan fingerprint density at radius 2 is 1.84 bits per heavy atom. The van der Waals surface area contributed by atoms with Crippen LogP contribution in [0.1, 0.15) is 24.2 Å². The summed E-state index contributed by atoms with van der Waals surface area (Å²) in [6.07, 6.45) is 0. The van der Waals surface area contributed by atoms with Crippen molar-refractivity contribution >= 4 is 15.8 Å². The molecule has 0 radical (unpaired) electrons. The quantitative estimate of drug-likeness (QED) is 0.713. The van der Waals surface area contributed by atoms with Crippen LogP contribution >= 0.6 is 0 Å². The van der Waals surface area contributed by atoms with Gasteiger partial charge in [-0.2, -0.15) is 4.31 Å². The van der Waals surface area contributed by atoms with Gasteiger partial charge in [0.05, 0.1) is 11.5 Å². The van der Waals surface area contributed by atoms with Crippen LogP contribution < -0.4 is 0 Å². The second-order valence-electron chi connectivity index (χ2n) is 4.07. The fourth-order valence-corrected chi connectivity index (χ4v) is 3.09. The van der Waals surface area contributed by atoms with E-state index < -0.39 is 10.0 Å². The Morgan fingerprint density at radius 1 is 1.26 bits per heavy atom. The van der Waals surface area contributed by atoms with Crippen LogP contribution in [0.5, 0.6) is 0 Å². The lowest BCUT2D eigenvalue weighted by Crippen LogP contribution is -2.33. The molecule has 6 heteroatoms. The van der Waals surface area contributed by atoms with Crippen molar-refractivity contribution in [1.29, 1.82) is 0 Å². The number of sulfonamides is 1. The van der Waals surface area contributed by atoms with Gasteiger partial charge < -0.3 is 4.74 Å². The third-order valence-electron chi connectivity index (χ3n) is 2.80. The van der Waals surface area contributed by atoms with Gasteiger partial charge in [0.1, 0.15) is 0 Å². The Hall–Kier alpha value is -1.24. The summed E-state index contributed by atoms with van der Waals surface area (Å²) in [4.78, 5) is 11.4. The highest BCUT2D eigenvalue weighted by Gasteiger charge is 2.22. The number of benzene rings is 1. The van der Waals surface area contributed by atoms with Crippen LogP contribution in [-0.2, 0) is 14.8 Å². The van der Waals surface area contributed by atoms with Gasteiger partial charge in [-0.05, 0) is 19.1 Å². The van der Waals surface area contributed by atoms with E-state index in [0.717, 1.165) is 0 Å². The SMILES string of the molecule is CCN(CCOC)S(=O)(=O)c1ccc(C(C)=O)cc1. The van der Waals surface area contributed by atoms with E-state index in [-0.39, 0.29) is 10.7 Å². The van der Waals surface area contributed by atoms with Crippen LogP contribution in [0, 0.1) is 0 Å². The molecule has 19 heavy (non-hydrogen) atoms. The number of ether oxygens (including phenoxy) is 1. The highest BCUT2D eigenvalue weighted by atomic mass is 32.2. The number of carbonyl (C=O) groups excluding carboxylic acids is 1. The molecule has 1 aromatic carbocycles. The van der Waals surface area contributed by atoms with E-state index in [1.165, 1.54) is 42.6 Å². The molecule has 5 nitrogen and oxygen atoms in total. The van der Waals surface area contributed by atoms with Gasteiger partial charge in [0.2, 0.25) is 10.0 Å². The summed E-state index contributed by atoms with van der Waals surface area (Å²) in [5.41, 5.74) is 0.499. The maximum atomic E-state index is 12.3. The Morgan fingerprint density at radius 3 is 2.26 bits per heavy atom. The number of hydrogen-bond acceptors (Lipinski definition) is 4. The van der Waals surface area contributed by atoms with Gasteiger partial charge in [0.15, 0.2) is 5.78 Å². The van der Waals surface area contributed by atoms with Crippen LogP contribution in [0.2, 0.25) is 0 Å². The molecule has 1 rings (SSSR count). The third-order valence-corrected chi connectivity index (χ3v) is 4.78. The molecule has 0 atom stereocenters. The molecule has 0 bridgehead atoms. The molecule has 0 aliphatic rings. The first-order valence-corrected chi connectivity index (χ1v) is 7.47. The molecule has 0 heterocycles. The van der Waals surface area contributed by atoms with Gasteiger partial charge in [-0.25, -0.2) is 8.42 Å². The molecule has 0 fully saturated rings. The molecular formula is C13H19NO4S. The minimum absolute atomic E-state index is 0.0873. The van der Waals surface area contributed by atoms with E-state index in [4.69, 9.17) is 4.74 Å². The zero-order valence-electron chi connectivity index (χ0n) is 11.4. The summed E-state index contributed by atoms with van der Waals surface area (Å²) in [6, 6.07) is 5.97. The number of ketones is 1. The number of methoxy groups -OCH3 is 1. The average Bonchev–Trinajstić information content (AvgIpc) is 2.39. The van der Waals surface area contributed by atoms with E-state index in [0.29, 0.717) is 25.3 Å². The van der Waals surface area contributed by atoms with E-state index in [1.807, 2.05) is 0 Å². The highest BCUT2D eigenvalue weighted by molar-refractivity contribution is 7.89. The Labute approximate surface area is 114 Å². The zero-order valence-corrected chi connectivity index (χ0v) is 12.2. The van der Waals surface area contributed by atoms with E-state index in [1.54, 1.807) is 6.92 Å². The summed E-state index contributed by atoms with van der Waals surface area (Å²) >= 11 is 0. The third kappa shape index (κ3) is 3.86. The molecule has 0 saturated carbocycles. The minimum atomic E-state index is -3.52. The Balaban J connectivity index is 3.01. The van der Waals surface area contributed by atoms with Gasteiger partial charge in [-0.3, -0.25) is 4.79 Å². The lowest BCUT2D eigenvalue weighted by atomic mass is 10.2. The summed E-state index contributed by atoms with van der Waals surface area (Å²) in [5.74, 6) is -0.0873. The van der Waals surface area contributed by atoms with Crippen molar-refractivity contribution in [1.82, 2.24) is 4.31 Å². The van der Waals surface area contributed by atoms with Crippen LogP contribution in [0.3, 0.4) is 0 Å². The highest BCUT2D eigenvalue weighted by Crippen LogP contribution is 2.16. The molecule has 0 aliphatic carbocycles. The van der Waals surface area contributed by atoms with Crippen molar-refractivity contribution in [2.75, 3.05) is 26.8 Å². The molecule has 0 N–H and O–H groups in total. The van der Waals surface area contributed by atoms with Gasteiger partial charge in [0, 0.05) is 25.8 Å². The lowest BCUT2D eigenvalue weighted by molar-refractivity contribution is 0.101. The Bertz CT molecular complexity index is 522. The number of rotatable bonds is 7. The first kappa shape index (κ1) is 15.8. The van der Waals surface area contributed by atoms with Gasteiger partial charge >= 0.3 is 0 Å². The van der Waals surface area contributed by atoms with E-state index in [2.05, 4.69) is 0 Å².